The van der Waals surface area contributed by atoms with Gasteiger partial charge in [0, 0.05) is 25.7 Å². The van der Waals surface area contributed by atoms with E-state index in [1.54, 1.807) is 10.9 Å². The van der Waals surface area contributed by atoms with Crippen molar-refractivity contribution in [1.82, 2.24) is 20.0 Å². The van der Waals surface area contributed by atoms with Crippen LogP contribution in [0, 0.1) is 0 Å². The van der Waals surface area contributed by atoms with Gasteiger partial charge in [-0.1, -0.05) is 18.2 Å². The summed E-state index contributed by atoms with van der Waals surface area (Å²) in [6.45, 7) is 6.73. The van der Waals surface area contributed by atoms with Crippen molar-refractivity contribution in [3.63, 3.8) is 0 Å². The molecule has 1 aromatic heterocycles. The quantitative estimate of drug-likeness (QED) is 0.917. The van der Waals surface area contributed by atoms with E-state index in [0.717, 1.165) is 18.8 Å². The molecule has 6 nitrogen and oxygen atoms in total. The normalized spacial score (nSPS) is 17.2. The van der Waals surface area contributed by atoms with Crippen LogP contribution in [-0.4, -0.2) is 52.9 Å². The molecule has 0 bridgehead atoms. The van der Waals surface area contributed by atoms with Crippen LogP contribution in [0.1, 0.15) is 24.3 Å². The number of benzene rings is 1. The lowest BCUT2D eigenvalue weighted by Gasteiger charge is -2.33. The molecule has 0 radical (unpaired) electrons. The van der Waals surface area contributed by atoms with Crippen LogP contribution < -0.4 is 10.1 Å². The van der Waals surface area contributed by atoms with Crippen molar-refractivity contribution in [2.75, 3.05) is 26.2 Å². The summed E-state index contributed by atoms with van der Waals surface area (Å²) in [5, 5.41) is 7.78. The third-order valence-electron chi connectivity index (χ3n) is 3.97. The van der Waals surface area contributed by atoms with Gasteiger partial charge in [-0.05, 0) is 26.0 Å². The second-order valence-electron chi connectivity index (χ2n) is 5.61. The molecule has 7 heteroatoms. The summed E-state index contributed by atoms with van der Waals surface area (Å²) in [5.41, 5.74) is 1.28. The van der Waals surface area contributed by atoms with Gasteiger partial charge in [0.1, 0.15) is 0 Å². The minimum Gasteiger partial charge on any atom is -0.490 e. The molecule has 0 spiro atoms. The van der Waals surface area contributed by atoms with E-state index in [1.807, 2.05) is 49.1 Å². The molecule has 130 valence electrons. The zero-order valence-corrected chi connectivity index (χ0v) is 14.8. The summed E-state index contributed by atoms with van der Waals surface area (Å²) in [6.07, 6.45) is 1.78. The lowest BCUT2D eigenvalue weighted by molar-refractivity contribution is 0.0645. The van der Waals surface area contributed by atoms with Crippen LogP contribution in [0.4, 0.5) is 0 Å². The maximum atomic E-state index is 12.9. The Kier molecular flexibility index (Phi) is 6.23. The number of aromatic nitrogens is 2. The highest BCUT2D eigenvalue weighted by molar-refractivity contribution is 5.95. The molecule has 1 N–H and O–H groups in total. The van der Waals surface area contributed by atoms with E-state index in [2.05, 4.69) is 10.4 Å². The molecule has 1 amide bonds. The molecule has 1 aliphatic rings. The van der Waals surface area contributed by atoms with Crippen LogP contribution >= 0.6 is 12.4 Å². The fourth-order valence-electron chi connectivity index (χ4n) is 2.76. The molecule has 1 aromatic carbocycles. The van der Waals surface area contributed by atoms with Crippen molar-refractivity contribution in [1.29, 1.82) is 0 Å². The number of amides is 1. The van der Waals surface area contributed by atoms with Gasteiger partial charge in [-0.2, -0.15) is 5.10 Å². The minimum absolute atomic E-state index is 0. The third kappa shape index (κ3) is 3.71. The number of piperazine rings is 1. The summed E-state index contributed by atoms with van der Waals surface area (Å²) >= 11 is 0. The Hall–Kier alpha value is -2.05. The van der Waals surface area contributed by atoms with Gasteiger partial charge in [-0.25, -0.2) is 4.68 Å². The van der Waals surface area contributed by atoms with Crippen molar-refractivity contribution in [2.45, 2.75) is 19.9 Å². The van der Waals surface area contributed by atoms with Crippen molar-refractivity contribution in [3.8, 4) is 11.4 Å². The topological polar surface area (TPSA) is 59.4 Å². The Labute approximate surface area is 148 Å². The SMILES string of the molecule is CCOc1cn(-c2ccccc2)nc1C(=O)N1CCNC[C@H]1C.Cl. The molecular weight excluding hydrogens is 328 g/mol. The Morgan fingerprint density at radius 3 is 2.79 bits per heavy atom. The summed E-state index contributed by atoms with van der Waals surface area (Å²) in [6, 6.07) is 9.88. The number of hydrogen-bond acceptors (Lipinski definition) is 4. The number of ether oxygens (including phenoxy) is 1. The molecule has 2 heterocycles. The summed E-state index contributed by atoms with van der Waals surface area (Å²) in [7, 11) is 0. The summed E-state index contributed by atoms with van der Waals surface area (Å²) in [4.78, 5) is 14.8. The number of halogens is 1. The number of nitrogens with zero attached hydrogens (tertiary/aromatic N) is 3. The average Bonchev–Trinajstić information content (AvgIpc) is 3.00. The maximum absolute atomic E-state index is 12.9. The van der Waals surface area contributed by atoms with E-state index in [1.165, 1.54) is 0 Å². The Balaban J connectivity index is 0.00000208. The molecule has 1 saturated heterocycles. The molecule has 0 unspecified atom stereocenters. The average molecular weight is 351 g/mol. The first-order valence-electron chi connectivity index (χ1n) is 8.00. The highest BCUT2D eigenvalue weighted by atomic mass is 35.5. The second-order valence-corrected chi connectivity index (χ2v) is 5.61. The van der Waals surface area contributed by atoms with Crippen LogP contribution in [0.5, 0.6) is 5.75 Å². The molecule has 2 aromatic rings. The van der Waals surface area contributed by atoms with Crippen LogP contribution in [0.2, 0.25) is 0 Å². The third-order valence-corrected chi connectivity index (χ3v) is 3.97. The lowest BCUT2D eigenvalue weighted by atomic mass is 10.2. The minimum atomic E-state index is -0.0721. The predicted octanol–water partition coefficient (Wildman–Crippen LogP) is 2.13. The van der Waals surface area contributed by atoms with E-state index < -0.39 is 0 Å². The number of para-hydroxylation sites is 1. The molecule has 1 fully saturated rings. The first-order valence-corrected chi connectivity index (χ1v) is 8.00. The Morgan fingerprint density at radius 1 is 1.38 bits per heavy atom. The van der Waals surface area contributed by atoms with Gasteiger partial charge in [-0.3, -0.25) is 4.79 Å². The summed E-state index contributed by atoms with van der Waals surface area (Å²) in [5.74, 6) is 0.462. The van der Waals surface area contributed by atoms with E-state index in [-0.39, 0.29) is 24.4 Å². The molecule has 1 aliphatic heterocycles. The molecule has 0 aliphatic carbocycles. The van der Waals surface area contributed by atoms with E-state index in [9.17, 15) is 4.79 Å². The van der Waals surface area contributed by atoms with E-state index in [0.29, 0.717) is 24.6 Å². The Morgan fingerprint density at radius 2 is 2.12 bits per heavy atom. The number of carbonyl (C=O) groups is 1. The lowest BCUT2D eigenvalue weighted by Crippen LogP contribution is -2.52. The highest BCUT2D eigenvalue weighted by Crippen LogP contribution is 2.22. The first-order chi connectivity index (χ1) is 11.2. The fraction of sp³-hybridized carbons (Fsp3) is 0.412. The number of carbonyl (C=O) groups excluding carboxylic acids is 1. The van der Waals surface area contributed by atoms with Gasteiger partial charge in [-0.15, -0.1) is 12.4 Å². The maximum Gasteiger partial charge on any atom is 0.278 e. The van der Waals surface area contributed by atoms with Crippen molar-refractivity contribution in [3.05, 3.63) is 42.2 Å². The fourth-order valence-corrected chi connectivity index (χ4v) is 2.76. The zero-order chi connectivity index (χ0) is 16.2. The van der Waals surface area contributed by atoms with Crippen LogP contribution in [0.25, 0.3) is 5.69 Å². The van der Waals surface area contributed by atoms with Crippen LogP contribution in [-0.2, 0) is 0 Å². The Bertz CT molecular complexity index is 674. The van der Waals surface area contributed by atoms with Crippen molar-refractivity contribution >= 4 is 18.3 Å². The molecule has 1 atom stereocenters. The van der Waals surface area contributed by atoms with Gasteiger partial charge in [0.15, 0.2) is 11.4 Å². The van der Waals surface area contributed by atoms with Crippen LogP contribution in [0.3, 0.4) is 0 Å². The zero-order valence-electron chi connectivity index (χ0n) is 13.9. The second kappa shape index (κ2) is 8.17. The highest BCUT2D eigenvalue weighted by Gasteiger charge is 2.29. The van der Waals surface area contributed by atoms with Crippen molar-refractivity contribution < 1.29 is 9.53 Å². The van der Waals surface area contributed by atoms with Crippen LogP contribution in [0.15, 0.2) is 36.5 Å². The standard InChI is InChI=1S/C17H22N4O2.ClH/c1-3-23-15-12-21(14-7-5-4-6-8-14)19-16(15)17(22)20-10-9-18-11-13(20)2;/h4-8,12-13,18H,3,9-11H2,1-2H3;1H/t13-;/m1./s1. The van der Waals surface area contributed by atoms with Gasteiger partial charge >= 0.3 is 0 Å². The summed E-state index contributed by atoms with van der Waals surface area (Å²) < 4.78 is 7.34. The van der Waals surface area contributed by atoms with Crippen molar-refractivity contribution in [2.24, 2.45) is 0 Å². The first kappa shape index (κ1) is 18.3. The molecular formula is C17H23ClN4O2. The molecule has 24 heavy (non-hydrogen) atoms. The van der Waals surface area contributed by atoms with E-state index in [4.69, 9.17) is 4.74 Å². The number of rotatable bonds is 4. The largest absolute Gasteiger partial charge is 0.490 e. The van der Waals surface area contributed by atoms with Gasteiger partial charge in [0.25, 0.3) is 5.91 Å². The van der Waals surface area contributed by atoms with Gasteiger partial charge in [0.2, 0.25) is 0 Å². The van der Waals surface area contributed by atoms with E-state index >= 15 is 0 Å². The number of nitrogens with one attached hydrogen (secondary N) is 1. The smallest absolute Gasteiger partial charge is 0.278 e. The number of hydrogen-bond donors (Lipinski definition) is 1. The van der Waals surface area contributed by atoms with Gasteiger partial charge in [0.05, 0.1) is 18.5 Å². The molecule has 3 rings (SSSR count). The predicted molar refractivity (Wildman–Crippen MR) is 95.3 cm³/mol. The molecule has 0 saturated carbocycles. The van der Waals surface area contributed by atoms with Gasteiger partial charge < -0.3 is 15.0 Å². The monoisotopic (exact) mass is 350 g/mol.